The summed E-state index contributed by atoms with van der Waals surface area (Å²) in [6.07, 6.45) is 3.12. The molecule has 0 radical (unpaired) electrons. The molecule has 0 heterocycles. The van der Waals surface area contributed by atoms with Crippen molar-refractivity contribution in [3.63, 3.8) is 0 Å². The number of fused-ring (bicyclic) bond motifs is 1. The van der Waals surface area contributed by atoms with Crippen LogP contribution >= 0.6 is 0 Å². The van der Waals surface area contributed by atoms with E-state index in [4.69, 9.17) is 5.26 Å². The average Bonchev–Trinajstić information content (AvgIpc) is 2.65. The summed E-state index contributed by atoms with van der Waals surface area (Å²) in [4.78, 5) is 11.9. The maximum atomic E-state index is 13.9. The van der Waals surface area contributed by atoms with Crippen LogP contribution in [0.2, 0.25) is 0 Å². The Bertz CT molecular complexity index is 1000. The van der Waals surface area contributed by atoms with Crippen molar-refractivity contribution >= 4 is 22.8 Å². The molecule has 0 aliphatic carbocycles. The highest BCUT2D eigenvalue weighted by Gasteiger charge is 2.07. The highest BCUT2D eigenvalue weighted by Crippen LogP contribution is 2.16. The topological polar surface area (TPSA) is 52.9 Å². The van der Waals surface area contributed by atoms with E-state index in [0.717, 1.165) is 16.3 Å². The smallest absolute Gasteiger partial charge is 0.244 e. The van der Waals surface area contributed by atoms with Crippen LogP contribution in [0.1, 0.15) is 16.7 Å². The average molecular weight is 330 g/mol. The minimum Gasteiger partial charge on any atom is -0.348 e. The van der Waals surface area contributed by atoms with E-state index >= 15 is 0 Å². The summed E-state index contributed by atoms with van der Waals surface area (Å²) in [6.45, 7) is 0.0300. The molecule has 3 aromatic carbocycles. The number of amides is 1. The highest BCUT2D eigenvalue weighted by atomic mass is 19.1. The van der Waals surface area contributed by atoms with E-state index in [2.05, 4.69) is 5.32 Å². The number of benzene rings is 3. The van der Waals surface area contributed by atoms with Gasteiger partial charge >= 0.3 is 0 Å². The number of nitriles is 1. The third kappa shape index (κ3) is 3.91. The molecule has 122 valence electrons. The summed E-state index contributed by atoms with van der Waals surface area (Å²) in [7, 11) is 0. The summed E-state index contributed by atoms with van der Waals surface area (Å²) >= 11 is 0. The Morgan fingerprint density at radius 3 is 2.68 bits per heavy atom. The maximum absolute atomic E-state index is 13.9. The van der Waals surface area contributed by atoms with E-state index in [1.54, 1.807) is 24.3 Å². The van der Waals surface area contributed by atoms with Crippen molar-refractivity contribution < 1.29 is 9.18 Å². The standard InChI is InChI=1S/C21H15FN2O/c22-21-18(13-23)6-3-7-19(21)14-24-20(25)11-9-15-8-10-16-4-1-2-5-17(16)12-15/h1-12H,14H2,(H,24,25)/b11-9+. The fraction of sp³-hybridized carbons (Fsp3) is 0.0476. The predicted octanol–water partition coefficient (Wildman–Crippen LogP) is 4.18. The maximum Gasteiger partial charge on any atom is 0.244 e. The van der Waals surface area contributed by atoms with Gasteiger partial charge in [-0.1, -0.05) is 48.5 Å². The van der Waals surface area contributed by atoms with Crippen molar-refractivity contribution in [3.8, 4) is 6.07 Å². The molecule has 3 aromatic rings. The van der Waals surface area contributed by atoms with Gasteiger partial charge in [0.25, 0.3) is 0 Å². The summed E-state index contributed by atoms with van der Waals surface area (Å²) in [5.74, 6) is -0.918. The second-order valence-corrected chi connectivity index (χ2v) is 5.55. The number of nitrogens with zero attached hydrogens (tertiary/aromatic N) is 1. The molecule has 0 saturated heterocycles. The van der Waals surface area contributed by atoms with Crippen molar-refractivity contribution in [3.05, 3.63) is 89.2 Å². The van der Waals surface area contributed by atoms with E-state index in [0.29, 0.717) is 0 Å². The lowest BCUT2D eigenvalue weighted by Gasteiger charge is -2.05. The molecule has 0 aliphatic heterocycles. The number of rotatable bonds is 4. The third-order valence-corrected chi connectivity index (χ3v) is 3.85. The van der Waals surface area contributed by atoms with Crippen molar-refractivity contribution in [1.82, 2.24) is 5.32 Å². The van der Waals surface area contributed by atoms with Gasteiger partial charge in [-0.15, -0.1) is 0 Å². The van der Waals surface area contributed by atoms with Gasteiger partial charge in [-0.2, -0.15) is 5.26 Å². The fourth-order valence-corrected chi connectivity index (χ4v) is 2.53. The van der Waals surface area contributed by atoms with Crippen LogP contribution in [0.4, 0.5) is 4.39 Å². The van der Waals surface area contributed by atoms with Crippen LogP contribution < -0.4 is 5.32 Å². The van der Waals surface area contributed by atoms with Gasteiger partial charge in [-0.3, -0.25) is 4.79 Å². The van der Waals surface area contributed by atoms with Crippen LogP contribution in [0.5, 0.6) is 0 Å². The Labute approximate surface area is 145 Å². The summed E-state index contributed by atoms with van der Waals surface area (Å²) in [5, 5.41) is 13.7. The first-order valence-corrected chi connectivity index (χ1v) is 7.79. The van der Waals surface area contributed by atoms with Crippen LogP contribution in [0, 0.1) is 17.1 Å². The van der Waals surface area contributed by atoms with Gasteiger partial charge in [0.1, 0.15) is 11.9 Å². The Balaban J connectivity index is 1.66. The second-order valence-electron chi connectivity index (χ2n) is 5.55. The molecule has 25 heavy (non-hydrogen) atoms. The van der Waals surface area contributed by atoms with Gasteiger partial charge in [0.15, 0.2) is 0 Å². The molecule has 3 nitrogen and oxygen atoms in total. The minimum atomic E-state index is -0.594. The van der Waals surface area contributed by atoms with E-state index < -0.39 is 5.82 Å². The number of hydrogen-bond acceptors (Lipinski definition) is 2. The Morgan fingerprint density at radius 2 is 1.88 bits per heavy atom. The third-order valence-electron chi connectivity index (χ3n) is 3.85. The molecular formula is C21H15FN2O. The number of halogens is 1. The molecule has 0 aromatic heterocycles. The Kier molecular flexibility index (Phi) is 4.87. The predicted molar refractivity (Wildman–Crippen MR) is 95.9 cm³/mol. The lowest BCUT2D eigenvalue weighted by Crippen LogP contribution is -2.21. The van der Waals surface area contributed by atoms with E-state index in [1.807, 2.05) is 42.5 Å². The lowest BCUT2D eigenvalue weighted by atomic mass is 10.1. The molecule has 0 atom stereocenters. The molecule has 4 heteroatoms. The highest BCUT2D eigenvalue weighted by molar-refractivity contribution is 5.92. The van der Waals surface area contributed by atoms with Gasteiger partial charge in [0.2, 0.25) is 5.91 Å². The zero-order valence-corrected chi connectivity index (χ0v) is 13.4. The van der Waals surface area contributed by atoms with Crippen molar-refractivity contribution in [2.45, 2.75) is 6.54 Å². The number of hydrogen-bond donors (Lipinski definition) is 1. The molecule has 0 aliphatic rings. The van der Waals surface area contributed by atoms with Gasteiger partial charge in [-0.25, -0.2) is 4.39 Å². The van der Waals surface area contributed by atoms with E-state index in [1.165, 1.54) is 12.1 Å². The first-order valence-electron chi connectivity index (χ1n) is 7.79. The summed E-state index contributed by atoms with van der Waals surface area (Å²) in [6, 6.07) is 20.2. The molecular weight excluding hydrogens is 315 g/mol. The Hall–Kier alpha value is -3.45. The minimum absolute atomic E-state index is 0.0292. The zero-order valence-electron chi connectivity index (χ0n) is 13.4. The molecule has 1 amide bonds. The first kappa shape index (κ1) is 16.4. The molecule has 0 saturated carbocycles. The van der Waals surface area contributed by atoms with Crippen LogP contribution in [-0.2, 0) is 11.3 Å². The SMILES string of the molecule is N#Cc1cccc(CNC(=O)/C=C/c2ccc3ccccc3c2)c1F. The van der Waals surface area contributed by atoms with Crippen molar-refractivity contribution in [1.29, 1.82) is 5.26 Å². The molecule has 1 N–H and O–H groups in total. The van der Waals surface area contributed by atoms with Crippen LogP contribution in [0.15, 0.2) is 66.7 Å². The Morgan fingerprint density at radius 1 is 1.08 bits per heavy atom. The van der Waals surface area contributed by atoms with Crippen molar-refractivity contribution in [2.75, 3.05) is 0 Å². The van der Waals surface area contributed by atoms with Crippen LogP contribution in [0.3, 0.4) is 0 Å². The monoisotopic (exact) mass is 330 g/mol. The molecule has 0 spiro atoms. The summed E-state index contributed by atoms with van der Waals surface area (Å²) < 4.78 is 13.9. The van der Waals surface area contributed by atoms with Crippen LogP contribution in [-0.4, -0.2) is 5.91 Å². The zero-order chi connectivity index (χ0) is 17.6. The molecule has 3 rings (SSSR count). The fourth-order valence-electron chi connectivity index (χ4n) is 2.53. The lowest BCUT2D eigenvalue weighted by molar-refractivity contribution is -0.116. The largest absolute Gasteiger partial charge is 0.348 e. The number of carbonyl (C=O) groups is 1. The van der Waals surface area contributed by atoms with Crippen molar-refractivity contribution in [2.24, 2.45) is 0 Å². The molecule has 0 fully saturated rings. The number of nitrogens with one attached hydrogen (secondary N) is 1. The van der Waals surface area contributed by atoms with E-state index in [9.17, 15) is 9.18 Å². The number of carbonyl (C=O) groups excluding carboxylic acids is 1. The van der Waals surface area contributed by atoms with Gasteiger partial charge in [0, 0.05) is 18.2 Å². The summed E-state index contributed by atoms with van der Waals surface area (Å²) in [5.41, 5.74) is 1.16. The first-order chi connectivity index (χ1) is 12.2. The van der Waals surface area contributed by atoms with Gasteiger partial charge < -0.3 is 5.32 Å². The molecule has 0 bridgehead atoms. The second kappa shape index (κ2) is 7.41. The van der Waals surface area contributed by atoms with Gasteiger partial charge in [0.05, 0.1) is 5.56 Å². The molecule has 0 unspecified atom stereocenters. The van der Waals surface area contributed by atoms with E-state index in [-0.39, 0.29) is 23.6 Å². The van der Waals surface area contributed by atoms with Crippen LogP contribution in [0.25, 0.3) is 16.8 Å². The quantitative estimate of drug-likeness (QED) is 0.730. The normalized spacial score (nSPS) is 10.7. The van der Waals surface area contributed by atoms with Gasteiger partial charge in [-0.05, 0) is 34.5 Å².